The average Bonchev–Trinajstić information content (AvgIpc) is 2.86. The van der Waals surface area contributed by atoms with Crippen LogP contribution in [-0.4, -0.2) is 15.7 Å². The van der Waals surface area contributed by atoms with Crippen LogP contribution in [0.4, 0.5) is 11.5 Å². The van der Waals surface area contributed by atoms with Crippen LogP contribution in [0, 0.1) is 6.92 Å². The van der Waals surface area contributed by atoms with Gasteiger partial charge >= 0.3 is 0 Å². The summed E-state index contributed by atoms with van der Waals surface area (Å²) in [5.74, 6) is 5.89. The van der Waals surface area contributed by atoms with Crippen LogP contribution >= 0.6 is 0 Å². The number of rotatable bonds is 4. The number of hydrogen-bond donors (Lipinski definition) is 3. The van der Waals surface area contributed by atoms with E-state index in [0.29, 0.717) is 11.4 Å². The number of nitrogens with one attached hydrogen (secondary N) is 2. The first-order chi connectivity index (χ1) is 9.52. The third kappa shape index (κ3) is 2.80. The molecule has 6 heteroatoms. The van der Waals surface area contributed by atoms with Crippen LogP contribution in [0.5, 0.6) is 0 Å². The van der Waals surface area contributed by atoms with E-state index in [0.717, 1.165) is 11.3 Å². The number of aryl methyl sites for hydroxylation is 1. The minimum Gasteiger partial charge on any atom is -0.324 e. The Hall–Kier alpha value is -2.34. The molecule has 20 heavy (non-hydrogen) atoms. The Morgan fingerprint density at radius 2 is 2.10 bits per heavy atom. The maximum absolute atomic E-state index is 12.2. The molecule has 0 aliphatic rings. The molecule has 106 valence electrons. The molecule has 0 unspecified atom stereocenters. The molecule has 0 saturated heterocycles. The van der Waals surface area contributed by atoms with Crippen molar-refractivity contribution in [1.29, 1.82) is 0 Å². The normalized spacial score (nSPS) is 10.7. The van der Waals surface area contributed by atoms with Crippen LogP contribution in [-0.2, 0) is 0 Å². The van der Waals surface area contributed by atoms with Crippen LogP contribution in [0.15, 0.2) is 30.5 Å². The summed E-state index contributed by atoms with van der Waals surface area (Å²) >= 11 is 0. The first-order valence-electron chi connectivity index (χ1n) is 6.45. The number of carbonyl (C=O) groups excluding carboxylic acids is 1. The molecule has 0 bridgehead atoms. The van der Waals surface area contributed by atoms with Gasteiger partial charge < -0.3 is 10.7 Å². The van der Waals surface area contributed by atoms with Crippen LogP contribution in [0.2, 0.25) is 0 Å². The molecule has 0 saturated carbocycles. The van der Waals surface area contributed by atoms with E-state index >= 15 is 0 Å². The number of hydrazine groups is 1. The van der Waals surface area contributed by atoms with Crippen molar-refractivity contribution in [2.24, 2.45) is 5.84 Å². The van der Waals surface area contributed by atoms with Gasteiger partial charge in [-0.05, 0) is 44.5 Å². The third-order valence-electron chi connectivity index (χ3n) is 3.05. The predicted octanol–water partition coefficient (Wildman–Crippen LogP) is 2.31. The molecule has 0 radical (unpaired) electrons. The van der Waals surface area contributed by atoms with Gasteiger partial charge in [0.05, 0.1) is 11.9 Å². The summed E-state index contributed by atoms with van der Waals surface area (Å²) in [6.45, 7) is 5.91. The Morgan fingerprint density at radius 3 is 2.70 bits per heavy atom. The highest BCUT2D eigenvalue weighted by molar-refractivity contribution is 6.04. The van der Waals surface area contributed by atoms with Gasteiger partial charge in [0.1, 0.15) is 5.82 Å². The number of nitrogen functional groups attached to an aromatic ring is 1. The van der Waals surface area contributed by atoms with Gasteiger partial charge in [0.2, 0.25) is 0 Å². The van der Waals surface area contributed by atoms with Gasteiger partial charge in [-0.25, -0.2) is 4.68 Å². The standard InChI is InChI=1S/C14H19N5O/c1-9(2)19-13(6-7-16-19)17-14(20)11-4-5-12(18-15)10(3)8-11/h4-9,18H,15H2,1-3H3,(H,17,20). The van der Waals surface area contributed by atoms with E-state index in [2.05, 4.69) is 15.8 Å². The van der Waals surface area contributed by atoms with Crippen molar-refractivity contribution < 1.29 is 4.79 Å². The molecule has 1 amide bonds. The van der Waals surface area contributed by atoms with Gasteiger partial charge in [-0.1, -0.05) is 0 Å². The fourth-order valence-electron chi connectivity index (χ4n) is 1.98. The van der Waals surface area contributed by atoms with Crippen molar-refractivity contribution >= 4 is 17.4 Å². The van der Waals surface area contributed by atoms with Crippen LogP contribution in [0.3, 0.4) is 0 Å². The van der Waals surface area contributed by atoms with Crippen LogP contribution < -0.4 is 16.6 Å². The zero-order valence-corrected chi connectivity index (χ0v) is 11.8. The van der Waals surface area contributed by atoms with E-state index < -0.39 is 0 Å². The van der Waals surface area contributed by atoms with Crippen molar-refractivity contribution in [3.63, 3.8) is 0 Å². The molecule has 0 atom stereocenters. The summed E-state index contributed by atoms with van der Waals surface area (Å²) in [4.78, 5) is 12.2. The Labute approximate surface area is 117 Å². The van der Waals surface area contributed by atoms with Crippen molar-refractivity contribution in [2.75, 3.05) is 10.7 Å². The minimum absolute atomic E-state index is 0.168. The van der Waals surface area contributed by atoms with E-state index in [9.17, 15) is 4.79 Å². The van der Waals surface area contributed by atoms with Crippen molar-refractivity contribution in [3.05, 3.63) is 41.6 Å². The SMILES string of the molecule is Cc1cc(C(=O)Nc2ccnn2C(C)C)ccc1NN. The molecule has 6 nitrogen and oxygen atoms in total. The summed E-state index contributed by atoms with van der Waals surface area (Å²) in [5, 5.41) is 7.05. The minimum atomic E-state index is -0.168. The van der Waals surface area contributed by atoms with Crippen molar-refractivity contribution in [3.8, 4) is 0 Å². The maximum Gasteiger partial charge on any atom is 0.256 e. The molecule has 1 heterocycles. The number of hydrogen-bond acceptors (Lipinski definition) is 4. The van der Waals surface area contributed by atoms with Gasteiger partial charge in [-0.3, -0.25) is 10.6 Å². The molecule has 1 aromatic heterocycles. The van der Waals surface area contributed by atoms with Crippen LogP contribution in [0.1, 0.15) is 35.8 Å². The molecule has 2 aromatic rings. The van der Waals surface area contributed by atoms with Gasteiger partial charge in [-0.15, -0.1) is 0 Å². The third-order valence-corrected chi connectivity index (χ3v) is 3.05. The topological polar surface area (TPSA) is 85.0 Å². The molecule has 1 aromatic carbocycles. The van der Waals surface area contributed by atoms with E-state index in [-0.39, 0.29) is 11.9 Å². The van der Waals surface area contributed by atoms with Crippen molar-refractivity contribution in [2.45, 2.75) is 26.8 Å². The molecule has 0 fully saturated rings. The number of nitrogens with zero attached hydrogens (tertiary/aromatic N) is 2. The zero-order chi connectivity index (χ0) is 14.7. The second-order valence-corrected chi connectivity index (χ2v) is 4.88. The summed E-state index contributed by atoms with van der Waals surface area (Å²) in [6, 6.07) is 7.27. The number of aromatic nitrogens is 2. The number of benzene rings is 1. The summed E-state index contributed by atoms with van der Waals surface area (Å²) in [6.07, 6.45) is 1.67. The Kier molecular flexibility index (Phi) is 4.05. The lowest BCUT2D eigenvalue weighted by atomic mass is 10.1. The first kappa shape index (κ1) is 14.1. The van der Waals surface area contributed by atoms with Crippen molar-refractivity contribution in [1.82, 2.24) is 9.78 Å². The number of anilines is 2. The lowest BCUT2D eigenvalue weighted by Crippen LogP contribution is -2.17. The Bertz CT molecular complexity index is 618. The van der Waals surface area contributed by atoms with Gasteiger partial charge in [0.15, 0.2) is 0 Å². The highest BCUT2D eigenvalue weighted by Gasteiger charge is 2.12. The lowest BCUT2D eigenvalue weighted by Gasteiger charge is -2.12. The van der Waals surface area contributed by atoms with Gasteiger partial charge in [-0.2, -0.15) is 5.10 Å². The zero-order valence-electron chi connectivity index (χ0n) is 11.8. The Morgan fingerprint density at radius 1 is 1.35 bits per heavy atom. The summed E-state index contributed by atoms with van der Waals surface area (Å²) in [5.41, 5.74) is 4.88. The molecular formula is C14H19N5O. The molecule has 4 N–H and O–H groups in total. The summed E-state index contributed by atoms with van der Waals surface area (Å²) in [7, 11) is 0. The van der Waals surface area contributed by atoms with Gasteiger partial charge in [0, 0.05) is 17.7 Å². The smallest absolute Gasteiger partial charge is 0.256 e. The number of carbonyl (C=O) groups is 1. The number of nitrogens with two attached hydrogens (primary N) is 1. The highest BCUT2D eigenvalue weighted by atomic mass is 16.1. The average molecular weight is 273 g/mol. The number of amides is 1. The maximum atomic E-state index is 12.2. The molecule has 0 aliphatic carbocycles. The first-order valence-corrected chi connectivity index (χ1v) is 6.45. The van der Waals surface area contributed by atoms with E-state index in [1.54, 1.807) is 35.1 Å². The largest absolute Gasteiger partial charge is 0.324 e. The quantitative estimate of drug-likeness (QED) is 0.589. The van der Waals surface area contributed by atoms with Gasteiger partial charge in [0.25, 0.3) is 5.91 Å². The second-order valence-electron chi connectivity index (χ2n) is 4.88. The Balaban J connectivity index is 2.20. The monoisotopic (exact) mass is 273 g/mol. The molecule has 2 rings (SSSR count). The molecule has 0 spiro atoms. The van der Waals surface area contributed by atoms with E-state index in [4.69, 9.17) is 5.84 Å². The molecule has 0 aliphatic heterocycles. The highest BCUT2D eigenvalue weighted by Crippen LogP contribution is 2.18. The second kappa shape index (κ2) is 5.75. The summed E-state index contributed by atoms with van der Waals surface area (Å²) < 4.78 is 1.76. The van der Waals surface area contributed by atoms with Crippen LogP contribution in [0.25, 0.3) is 0 Å². The predicted molar refractivity (Wildman–Crippen MR) is 79.6 cm³/mol. The molecular weight excluding hydrogens is 254 g/mol. The fraction of sp³-hybridized carbons (Fsp3) is 0.286. The lowest BCUT2D eigenvalue weighted by molar-refractivity contribution is 0.102. The van der Waals surface area contributed by atoms with E-state index in [1.165, 1.54) is 0 Å². The van der Waals surface area contributed by atoms with E-state index in [1.807, 2.05) is 20.8 Å². The fourth-order valence-corrected chi connectivity index (χ4v) is 1.98.